The molecule has 0 N–H and O–H groups in total. The van der Waals surface area contributed by atoms with Crippen LogP contribution < -0.4 is 0 Å². The molecule has 0 heterocycles. The topological polar surface area (TPSA) is 57.9 Å². The molecule has 3 atom stereocenters. The van der Waals surface area contributed by atoms with Gasteiger partial charge >= 0.3 is 0 Å². The van der Waals surface area contributed by atoms with Crippen molar-refractivity contribution in [2.45, 2.75) is 47.0 Å². The van der Waals surface area contributed by atoms with Crippen LogP contribution in [0.5, 0.6) is 0 Å². The molecule has 0 spiro atoms. The maximum atomic E-state index is 12.5. The lowest BCUT2D eigenvalue weighted by molar-refractivity contribution is -0.143. The smallest absolute Gasteiger partial charge is 0.178 e. The number of hydrogen-bond acceptors (Lipinski definition) is 3. The summed E-state index contributed by atoms with van der Waals surface area (Å²) in [5.41, 5.74) is -1.11. The standard InChI is InChI=1S/C16H21NO2/c1-5-10-6-12-15(2,3)14(19)11(9-17)8-16(12,4)13(18)7-10/h8,10,12H,5-7H2,1-4H3/t10-,12-,16-/m0/s1. The molecule has 2 aliphatic rings. The highest BCUT2D eigenvalue weighted by Gasteiger charge is 2.56. The van der Waals surface area contributed by atoms with Gasteiger partial charge in [-0.1, -0.05) is 27.2 Å². The van der Waals surface area contributed by atoms with Crippen molar-refractivity contribution in [3.05, 3.63) is 11.6 Å². The SMILES string of the molecule is CC[C@@H]1CC(=O)[C@@]2(C)C=C(C#N)C(=O)C(C)(C)[C@@H]2C1. The molecule has 1 fully saturated rings. The van der Waals surface area contributed by atoms with E-state index < -0.39 is 10.8 Å². The summed E-state index contributed by atoms with van der Waals surface area (Å²) in [6, 6.07) is 1.97. The summed E-state index contributed by atoms with van der Waals surface area (Å²) in [4.78, 5) is 24.9. The molecule has 0 aromatic rings. The molecule has 0 unspecified atom stereocenters. The third-order valence-corrected chi connectivity index (χ3v) is 5.21. The highest BCUT2D eigenvalue weighted by Crippen LogP contribution is 2.55. The van der Waals surface area contributed by atoms with Crippen molar-refractivity contribution < 1.29 is 9.59 Å². The Bertz CT molecular complexity index is 509. The number of carbonyl (C=O) groups is 2. The molecule has 3 nitrogen and oxygen atoms in total. The Kier molecular flexibility index (Phi) is 3.16. The lowest BCUT2D eigenvalue weighted by atomic mass is 9.50. The number of rotatable bonds is 1. The minimum Gasteiger partial charge on any atom is -0.299 e. The minimum absolute atomic E-state index is 0.01000. The van der Waals surface area contributed by atoms with E-state index in [1.807, 2.05) is 26.8 Å². The first-order valence-corrected chi connectivity index (χ1v) is 6.98. The van der Waals surface area contributed by atoms with E-state index >= 15 is 0 Å². The molecular weight excluding hydrogens is 238 g/mol. The number of allylic oxidation sites excluding steroid dienone is 2. The molecule has 2 rings (SSSR count). The Morgan fingerprint density at radius 1 is 1.37 bits per heavy atom. The van der Waals surface area contributed by atoms with E-state index in [-0.39, 0.29) is 23.1 Å². The average Bonchev–Trinajstić information content (AvgIpc) is 2.36. The Morgan fingerprint density at radius 2 is 2.00 bits per heavy atom. The molecule has 19 heavy (non-hydrogen) atoms. The van der Waals surface area contributed by atoms with Gasteiger partial charge in [0.1, 0.15) is 11.9 Å². The fourth-order valence-electron chi connectivity index (χ4n) is 3.83. The number of ketones is 2. The number of Topliss-reactive ketones (excluding diaryl/α,β-unsaturated/α-hetero) is 2. The molecule has 0 bridgehead atoms. The van der Waals surface area contributed by atoms with Gasteiger partial charge in [-0.15, -0.1) is 0 Å². The van der Waals surface area contributed by atoms with Gasteiger partial charge < -0.3 is 0 Å². The van der Waals surface area contributed by atoms with Crippen molar-refractivity contribution in [3.8, 4) is 6.07 Å². The van der Waals surface area contributed by atoms with E-state index in [1.165, 1.54) is 0 Å². The van der Waals surface area contributed by atoms with Crippen LogP contribution in [0.25, 0.3) is 0 Å². The molecular formula is C16H21NO2. The third-order valence-electron chi connectivity index (χ3n) is 5.21. The van der Waals surface area contributed by atoms with E-state index in [1.54, 1.807) is 6.08 Å². The molecule has 0 amide bonds. The van der Waals surface area contributed by atoms with E-state index in [4.69, 9.17) is 5.26 Å². The molecule has 0 aromatic heterocycles. The van der Waals surface area contributed by atoms with Crippen molar-refractivity contribution >= 4 is 11.6 Å². The van der Waals surface area contributed by atoms with Crippen LogP contribution in [0.3, 0.4) is 0 Å². The first kappa shape index (κ1) is 14.0. The van der Waals surface area contributed by atoms with Crippen LogP contribution in [-0.4, -0.2) is 11.6 Å². The van der Waals surface area contributed by atoms with Gasteiger partial charge in [0.25, 0.3) is 0 Å². The van der Waals surface area contributed by atoms with Crippen molar-refractivity contribution in [1.82, 2.24) is 0 Å². The summed E-state index contributed by atoms with van der Waals surface area (Å²) in [6.45, 7) is 7.76. The van der Waals surface area contributed by atoms with Gasteiger partial charge in [0, 0.05) is 17.3 Å². The summed E-state index contributed by atoms with van der Waals surface area (Å²) in [7, 11) is 0. The fourth-order valence-corrected chi connectivity index (χ4v) is 3.83. The van der Waals surface area contributed by atoms with Crippen LogP contribution in [0.15, 0.2) is 11.6 Å². The first-order chi connectivity index (χ1) is 8.77. The summed E-state index contributed by atoms with van der Waals surface area (Å²) >= 11 is 0. The van der Waals surface area contributed by atoms with Crippen LogP contribution in [-0.2, 0) is 9.59 Å². The van der Waals surface area contributed by atoms with Gasteiger partial charge in [0.15, 0.2) is 5.78 Å². The van der Waals surface area contributed by atoms with Gasteiger partial charge in [-0.3, -0.25) is 9.59 Å². The Hall–Kier alpha value is -1.43. The summed E-state index contributed by atoms with van der Waals surface area (Å²) in [5.74, 6) is 0.455. The van der Waals surface area contributed by atoms with Crippen molar-refractivity contribution in [1.29, 1.82) is 5.26 Å². The molecule has 0 aromatic carbocycles. The van der Waals surface area contributed by atoms with Crippen LogP contribution in [0.1, 0.15) is 47.0 Å². The van der Waals surface area contributed by atoms with Crippen molar-refractivity contribution in [3.63, 3.8) is 0 Å². The zero-order valence-electron chi connectivity index (χ0n) is 12.1. The highest BCUT2D eigenvalue weighted by molar-refractivity contribution is 6.06. The highest BCUT2D eigenvalue weighted by atomic mass is 16.1. The molecule has 0 radical (unpaired) electrons. The van der Waals surface area contributed by atoms with Crippen LogP contribution in [0, 0.1) is 34.0 Å². The lowest BCUT2D eigenvalue weighted by Crippen LogP contribution is -2.53. The van der Waals surface area contributed by atoms with Crippen LogP contribution in [0.4, 0.5) is 0 Å². The quantitative estimate of drug-likeness (QED) is 0.727. The number of hydrogen-bond donors (Lipinski definition) is 0. The number of carbonyl (C=O) groups excluding carboxylic acids is 2. The largest absolute Gasteiger partial charge is 0.299 e. The number of nitriles is 1. The van der Waals surface area contributed by atoms with E-state index in [2.05, 4.69) is 6.92 Å². The second-order valence-electron chi connectivity index (χ2n) is 6.69. The zero-order valence-corrected chi connectivity index (χ0v) is 12.1. The van der Waals surface area contributed by atoms with E-state index in [9.17, 15) is 9.59 Å². The minimum atomic E-state index is -0.645. The Labute approximate surface area is 114 Å². The molecule has 3 heteroatoms. The van der Waals surface area contributed by atoms with Gasteiger partial charge in [-0.05, 0) is 31.3 Å². The van der Waals surface area contributed by atoms with Crippen molar-refractivity contribution in [2.24, 2.45) is 22.7 Å². The van der Waals surface area contributed by atoms with Crippen LogP contribution in [0.2, 0.25) is 0 Å². The Balaban J connectivity index is 2.57. The van der Waals surface area contributed by atoms with Gasteiger partial charge in [-0.25, -0.2) is 0 Å². The third kappa shape index (κ3) is 1.85. The average molecular weight is 259 g/mol. The normalized spacial score (nSPS) is 37.3. The zero-order chi connectivity index (χ0) is 14.4. The second-order valence-corrected chi connectivity index (χ2v) is 6.69. The molecule has 0 saturated heterocycles. The van der Waals surface area contributed by atoms with E-state index in [0.29, 0.717) is 12.3 Å². The van der Waals surface area contributed by atoms with Crippen molar-refractivity contribution in [2.75, 3.05) is 0 Å². The summed E-state index contributed by atoms with van der Waals surface area (Å²) in [5, 5.41) is 9.13. The molecule has 1 saturated carbocycles. The lowest BCUT2D eigenvalue weighted by Gasteiger charge is -2.50. The molecule has 2 aliphatic carbocycles. The van der Waals surface area contributed by atoms with Crippen LogP contribution >= 0.6 is 0 Å². The monoisotopic (exact) mass is 259 g/mol. The van der Waals surface area contributed by atoms with Gasteiger partial charge in [0.2, 0.25) is 0 Å². The number of fused-ring (bicyclic) bond motifs is 1. The van der Waals surface area contributed by atoms with E-state index in [0.717, 1.165) is 12.8 Å². The first-order valence-electron chi connectivity index (χ1n) is 6.98. The second kappa shape index (κ2) is 4.30. The summed E-state index contributed by atoms with van der Waals surface area (Å²) in [6.07, 6.45) is 4.08. The predicted octanol–water partition coefficient (Wildman–Crippen LogP) is 3.06. The maximum Gasteiger partial charge on any atom is 0.178 e. The predicted molar refractivity (Wildman–Crippen MR) is 72.1 cm³/mol. The summed E-state index contributed by atoms with van der Waals surface area (Å²) < 4.78 is 0. The van der Waals surface area contributed by atoms with Gasteiger partial charge in [0.05, 0.1) is 5.57 Å². The fraction of sp³-hybridized carbons (Fsp3) is 0.688. The Morgan fingerprint density at radius 3 is 2.53 bits per heavy atom. The molecule has 102 valence electrons. The maximum absolute atomic E-state index is 12.5. The number of nitrogens with zero attached hydrogens (tertiary/aromatic N) is 1. The molecule has 0 aliphatic heterocycles. The van der Waals surface area contributed by atoms with Gasteiger partial charge in [-0.2, -0.15) is 5.26 Å².